The number of methoxy groups -OCH3 is 1. The number of thioether (sulfide) groups is 1. The molecule has 0 spiro atoms. The number of H-pyrrole nitrogens is 1. The van der Waals surface area contributed by atoms with E-state index in [1.807, 2.05) is 18.2 Å². The molecule has 1 aromatic carbocycles. The zero-order valence-electron chi connectivity index (χ0n) is 11.6. The van der Waals surface area contributed by atoms with Crippen LogP contribution in [0.1, 0.15) is 5.56 Å². The summed E-state index contributed by atoms with van der Waals surface area (Å²) in [4.78, 5) is 28.6. The maximum absolute atomic E-state index is 11.7. The summed E-state index contributed by atoms with van der Waals surface area (Å²) in [6, 6.07) is 5.70. The second kappa shape index (κ2) is 6.00. The first-order chi connectivity index (χ1) is 9.51. The summed E-state index contributed by atoms with van der Waals surface area (Å²) in [6.45, 7) is 0. The lowest BCUT2D eigenvalue weighted by Gasteiger charge is -2.09. The number of aromatic amines is 1. The summed E-state index contributed by atoms with van der Waals surface area (Å²) in [5.74, 6) is -0.284. The fourth-order valence-corrected chi connectivity index (χ4v) is 2.48. The minimum Gasteiger partial charge on any atom is -0.469 e. The molecule has 0 fully saturated rings. The van der Waals surface area contributed by atoms with Gasteiger partial charge in [0.1, 0.15) is 0 Å². The van der Waals surface area contributed by atoms with Crippen LogP contribution in [0.2, 0.25) is 0 Å². The van der Waals surface area contributed by atoms with Gasteiger partial charge in [0.2, 0.25) is 0 Å². The molecule has 1 amide bonds. The molecule has 1 N–H and O–H groups in total. The Hall–Kier alpha value is -1.95. The molecule has 0 atom stereocenters. The van der Waals surface area contributed by atoms with Crippen molar-refractivity contribution in [3.63, 3.8) is 0 Å². The van der Waals surface area contributed by atoms with E-state index in [2.05, 4.69) is 9.72 Å². The van der Waals surface area contributed by atoms with Gasteiger partial charge in [-0.2, -0.15) is 0 Å². The zero-order chi connectivity index (χ0) is 14.7. The number of hydrogen-bond donors (Lipinski definition) is 1. The van der Waals surface area contributed by atoms with E-state index < -0.39 is 0 Å². The van der Waals surface area contributed by atoms with E-state index in [-0.39, 0.29) is 17.6 Å². The third-order valence-electron chi connectivity index (χ3n) is 2.87. The van der Waals surface area contributed by atoms with E-state index >= 15 is 0 Å². The molecule has 0 aliphatic carbocycles. The first-order valence-electron chi connectivity index (χ1n) is 6.07. The molecule has 6 heteroatoms. The Morgan fingerprint density at radius 2 is 2.10 bits per heavy atom. The molecule has 2 rings (SSSR count). The number of carbonyl (C=O) groups is 2. The van der Waals surface area contributed by atoms with Crippen LogP contribution in [0.25, 0.3) is 10.9 Å². The molecule has 5 nitrogen and oxygen atoms in total. The average molecular weight is 292 g/mol. The molecule has 106 valence electrons. The van der Waals surface area contributed by atoms with Crippen molar-refractivity contribution in [2.45, 2.75) is 11.3 Å². The van der Waals surface area contributed by atoms with E-state index in [1.165, 1.54) is 12.0 Å². The summed E-state index contributed by atoms with van der Waals surface area (Å²) in [6.07, 6.45) is 2.01. The maximum Gasteiger partial charge on any atom is 0.310 e. The third kappa shape index (κ3) is 3.14. The van der Waals surface area contributed by atoms with Crippen molar-refractivity contribution in [3.8, 4) is 0 Å². The molecule has 0 unspecified atom stereocenters. The minimum absolute atomic E-state index is 0.0330. The number of aromatic nitrogens is 1. The number of nitrogens with one attached hydrogen (secondary N) is 1. The lowest BCUT2D eigenvalue weighted by molar-refractivity contribution is -0.139. The first kappa shape index (κ1) is 14.5. The van der Waals surface area contributed by atoms with Crippen molar-refractivity contribution in [2.75, 3.05) is 21.2 Å². The molecule has 0 saturated heterocycles. The van der Waals surface area contributed by atoms with E-state index in [0.717, 1.165) is 33.1 Å². The van der Waals surface area contributed by atoms with Crippen LogP contribution in [0.15, 0.2) is 29.3 Å². The van der Waals surface area contributed by atoms with Crippen LogP contribution in [-0.2, 0) is 16.0 Å². The lowest BCUT2D eigenvalue weighted by atomic mass is 10.1. The van der Waals surface area contributed by atoms with Gasteiger partial charge in [0.15, 0.2) is 0 Å². The third-order valence-corrected chi connectivity index (χ3v) is 3.90. The van der Waals surface area contributed by atoms with Gasteiger partial charge in [-0.1, -0.05) is 0 Å². The second-order valence-electron chi connectivity index (χ2n) is 4.54. The Bertz CT molecular complexity index is 649. The van der Waals surface area contributed by atoms with Gasteiger partial charge in [0, 0.05) is 36.1 Å². The summed E-state index contributed by atoms with van der Waals surface area (Å²) < 4.78 is 4.68. The maximum atomic E-state index is 11.7. The number of carbonyl (C=O) groups excluding carboxylic acids is 2. The molecule has 1 heterocycles. The van der Waals surface area contributed by atoms with Crippen LogP contribution in [0, 0.1) is 0 Å². The quantitative estimate of drug-likeness (QED) is 0.698. The number of rotatable bonds is 3. The number of nitrogens with zero attached hydrogens (tertiary/aromatic N) is 1. The van der Waals surface area contributed by atoms with Gasteiger partial charge in [0.25, 0.3) is 5.24 Å². The molecule has 0 bridgehead atoms. The van der Waals surface area contributed by atoms with Crippen LogP contribution < -0.4 is 0 Å². The highest BCUT2D eigenvalue weighted by Crippen LogP contribution is 2.27. The van der Waals surface area contributed by atoms with Gasteiger partial charge in [-0.15, -0.1) is 0 Å². The molecule has 1 aromatic heterocycles. The Kier molecular flexibility index (Phi) is 4.34. The Morgan fingerprint density at radius 3 is 2.75 bits per heavy atom. The Morgan fingerprint density at radius 1 is 1.35 bits per heavy atom. The number of benzene rings is 1. The van der Waals surface area contributed by atoms with Crippen molar-refractivity contribution in [1.29, 1.82) is 0 Å². The monoisotopic (exact) mass is 292 g/mol. The van der Waals surface area contributed by atoms with Gasteiger partial charge in [-0.3, -0.25) is 9.59 Å². The highest BCUT2D eigenvalue weighted by atomic mass is 32.2. The standard InChI is InChI=1S/C14H16N2O3S/c1-16(2)14(18)20-10-4-5-12-11(7-10)9(8-15-12)6-13(17)19-3/h4-5,7-8,15H,6H2,1-3H3. The van der Waals surface area contributed by atoms with Crippen LogP contribution >= 0.6 is 11.8 Å². The number of amides is 1. The molecular weight excluding hydrogens is 276 g/mol. The molecule has 0 aliphatic heterocycles. The Balaban J connectivity index is 2.29. The molecule has 0 saturated carbocycles. The van der Waals surface area contributed by atoms with E-state index in [9.17, 15) is 9.59 Å². The fraction of sp³-hybridized carbons (Fsp3) is 0.286. The van der Waals surface area contributed by atoms with E-state index in [4.69, 9.17) is 0 Å². The van der Waals surface area contributed by atoms with Crippen molar-refractivity contribution < 1.29 is 14.3 Å². The number of ether oxygens (including phenoxy) is 1. The summed E-state index contributed by atoms with van der Waals surface area (Å²) >= 11 is 1.16. The van der Waals surface area contributed by atoms with E-state index in [0.29, 0.717) is 0 Å². The van der Waals surface area contributed by atoms with Crippen molar-refractivity contribution >= 4 is 33.9 Å². The lowest BCUT2D eigenvalue weighted by Crippen LogP contribution is -2.15. The predicted molar refractivity (Wildman–Crippen MR) is 79.0 cm³/mol. The van der Waals surface area contributed by atoms with Gasteiger partial charge >= 0.3 is 5.97 Å². The Labute approximate surface area is 121 Å². The van der Waals surface area contributed by atoms with Gasteiger partial charge in [-0.25, -0.2) is 0 Å². The second-order valence-corrected chi connectivity index (χ2v) is 5.56. The molecule has 0 radical (unpaired) electrons. The summed E-state index contributed by atoms with van der Waals surface area (Å²) in [5.41, 5.74) is 1.80. The van der Waals surface area contributed by atoms with E-state index in [1.54, 1.807) is 20.3 Å². The zero-order valence-corrected chi connectivity index (χ0v) is 12.4. The summed E-state index contributed by atoms with van der Waals surface area (Å²) in [7, 11) is 4.80. The highest BCUT2D eigenvalue weighted by molar-refractivity contribution is 8.13. The van der Waals surface area contributed by atoms with Crippen LogP contribution in [0.3, 0.4) is 0 Å². The number of fused-ring (bicyclic) bond motifs is 1. The summed E-state index contributed by atoms with van der Waals surface area (Å²) in [5, 5.41) is 0.904. The van der Waals surface area contributed by atoms with Gasteiger partial charge in [0.05, 0.1) is 13.5 Å². The average Bonchev–Trinajstić information content (AvgIpc) is 2.81. The van der Waals surface area contributed by atoms with Crippen LogP contribution in [0.4, 0.5) is 4.79 Å². The minimum atomic E-state index is -0.284. The van der Waals surface area contributed by atoms with Crippen molar-refractivity contribution in [2.24, 2.45) is 0 Å². The fourth-order valence-electron chi connectivity index (χ4n) is 1.79. The number of hydrogen-bond acceptors (Lipinski definition) is 4. The number of esters is 1. The first-order valence-corrected chi connectivity index (χ1v) is 6.89. The van der Waals surface area contributed by atoms with Crippen LogP contribution in [0.5, 0.6) is 0 Å². The molecule has 0 aliphatic rings. The molecular formula is C14H16N2O3S. The van der Waals surface area contributed by atoms with Gasteiger partial charge < -0.3 is 14.6 Å². The smallest absolute Gasteiger partial charge is 0.310 e. The molecule has 20 heavy (non-hydrogen) atoms. The van der Waals surface area contributed by atoms with Crippen molar-refractivity contribution in [1.82, 2.24) is 9.88 Å². The molecule has 2 aromatic rings. The van der Waals surface area contributed by atoms with Gasteiger partial charge in [-0.05, 0) is 35.5 Å². The van der Waals surface area contributed by atoms with Crippen LogP contribution in [-0.4, -0.2) is 42.3 Å². The SMILES string of the molecule is COC(=O)Cc1c[nH]c2ccc(SC(=O)N(C)C)cc12. The predicted octanol–water partition coefficient (Wildman–Crippen LogP) is 2.66. The van der Waals surface area contributed by atoms with Crippen molar-refractivity contribution in [3.05, 3.63) is 30.0 Å². The normalized spacial score (nSPS) is 10.6. The topological polar surface area (TPSA) is 62.4 Å². The largest absolute Gasteiger partial charge is 0.469 e. The highest BCUT2D eigenvalue weighted by Gasteiger charge is 2.12.